The van der Waals surface area contributed by atoms with Crippen LogP contribution in [0.5, 0.6) is 5.75 Å². The number of methoxy groups -OCH3 is 1. The maximum atomic E-state index is 12.9. The summed E-state index contributed by atoms with van der Waals surface area (Å²) in [7, 11) is 1.65. The van der Waals surface area contributed by atoms with Crippen molar-refractivity contribution < 1.29 is 18.8 Å². The Hall–Kier alpha value is -3.65. The van der Waals surface area contributed by atoms with E-state index in [1.54, 1.807) is 12.0 Å². The quantitative estimate of drug-likeness (QED) is 0.479. The van der Waals surface area contributed by atoms with Crippen molar-refractivity contribution in [2.24, 2.45) is 0 Å². The van der Waals surface area contributed by atoms with Crippen LogP contribution in [0.3, 0.4) is 0 Å². The second-order valence-corrected chi connectivity index (χ2v) is 7.67. The predicted molar refractivity (Wildman–Crippen MR) is 124 cm³/mol. The molecule has 2 amide bonds. The molecule has 0 saturated carbocycles. The molecule has 0 aliphatic carbocycles. The van der Waals surface area contributed by atoms with Gasteiger partial charge in [-0.15, -0.1) is 0 Å². The number of carbonyl (C=O) groups is 1. The molecule has 3 aromatic rings. The highest BCUT2D eigenvalue weighted by atomic mass is 16.5. The first-order valence-electron chi connectivity index (χ1n) is 11.0. The molecule has 1 unspecified atom stereocenters. The zero-order chi connectivity index (χ0) is 23.2. The third-order valence-corrected chi connectivity index (χ3v) is 5.54. The number of nitrogens with one attached hydrogen (secondary N) is 1. The fraction of sp³-hybridized carbons (Fsp3) is 0.320. The van der Waals surface area contributed by atoms with E-state index in [0.29, 0.717) is 37.9 Å². The fourth-order valence-electron chi connectivity index (χ4n) is 3.91. The van der Waals surface area contributed by atoms with Crippen molar-refractivity contribution in [2.45, 2.75) is 26.3 Å². The van der Waals surface area contributed by atoms with Gasteiger partial charge in [0, 0.05) is 31.5 Å². The van der Waals surface area contributed by atoms with Gasteiger partial charge in [-0.1, -0.05) is 35.5 Å². The van der Waals surface area contributed by atoms with Gasteiger partial charge in [-0.25, -0.2) is 4.79 Å². The molecule has 172 valence electrons. The number of aromatic nitrogens is 2. The molecule has 8 heteroatoms. The SMILES string of the molecule is CCOc1ccc(-c2noc(C3=C(C)N(CCCOC)C(=O)NC3c3ccccc3)n2)cc1. The summed E-state index contributed by atoms with van der Waals surface area (Å²) in [5.41, 5.74) is 3.32. The topological polar surface area (TPSA) is 89.7 Å². The molecule has 1 N–H and O–H groups in total. The number of carbonyl (C=O) groups excluding carboxylic acids is 1. The summed E-state index contributed by atoms with van der Waals surface area (Å²) in [6.07, 6.45) is 0.714. The highest BCUT2D eigenvalue weighted by Gasteiger charge is 2.35. The van der Waals surface area contributed by atoms with Crippen molar-refractivity contribution in [1.29, 1.82) is 0 Å². The van der Waals surface area contributed by atoms with E-state index in [-0.39, 0.29) is 6.03 Å². The van der Waals surface area contributed by atoms with Crippen LogP contribution in [0.15, 0.2) is 64.8 Å². The van der Waals surface area contributed by atoms with Gasteiger partial charge in [0.2, 0.25) is 5.82 Å². The van der Waals surface area contributed by atoms with Gasteiger partial charge in [-0.2, -0.15) is 4.98 Å². The van der Waals surface area contributed by atoms with E-state index in [2.05, 4.69) is 15.5 Å². The normalized spacial score (nSPS) is 16.2. The molecule has 1 aliphatic heterocycles. The minimum atomic E-state index is -0.397. The average molecular weight is 449 g/mol. The molecule has 8 nitrogen and oxygen atoms in total. The zero-order valence-electron chi connectivity index (χ0n) is 19.1. The second kappa shape index (κ2) is 10.3. The Morgan fingerprint density at radius 1 is 1.12 bits per heavy atom. The van der Waals surface area contributed by atoms with Crippen LogP contribution in [-0.2, 0) is 4.74 Å². The first-order valence-corrected chi connectivity index (χ1v) is 11.0. The Kier molecular flexibility index (Phi) is 7.04. The number of nitrogens with zero attached hydrogens (tertiary/aromatic N) is 3. The minimum Gasteiger partial charge on any atom is -0.494 e. The van der Waals surface area contributed by atoms with Crippen LogP contribution in [0, 0.1) is 0 Å². The molecule has 1 atom stereocenters. The second-order valence-electron chi connectivity index (χ2n) is 7.67. The predicted octanol–water partition coefficient (Wildman–Crippen LogP) is 4.67. The lowest BCUT2D eigenvalue weighted by Gasteiger charge is -2.35. The third kappa shape index (κ3) is 4.90. The Balaban J connectivity index is 1.71. The number of ether oxygens (including phenoxy) is 2. The van der Waals surface area contributed by atoms with Crippen LogP contribution in [-0.4, -0.2) is 47.9 Å². The van der Waals surface area contributed by atoms with Gasteiger partial charge in [-0.05, 0) is 50.1 Å². The highest BCUT2D eigenvalue weighted by Crippen LogP contribution is 2.37. The lowest BCUT2D eigenvalue weighted by atomic mass is 9.94. The third-order valence-electron chi connectivity index (χ3n) is 5.54. The Morgan fingerprint density at radius 3 is 2.58 bits per heavy atom. The molecule has 1 aromatic heterocycles. The molecule has 0 radical (unpaired) electrons. The Labute approximate surface area is 193 Å². The molecule has 4 rings (SSSR count). The number of allylic oxidation sites excluding steroid dienone is 1. The summed E-state index contributed by atoms with van der Waals surface area (Å²) in [5.74, 6) is 1.64. The van der Waals surface area contributed by atoms with Gasteiger partial charge in [0.15, 0.2) is 0 Å². The van der Waals surface area contributed by atoms with Crippen LogP contribution in [0.4, 0.5) is 4.79 Å². The van der Waals surface area contributed by atoms with Gasteiger partial charge in [0.05, 0.1) is 18.2 Å². The van der Waals surface area contributed by atoms with Crippen LogP contribution < -0.4 is 10.1 Å². The smallest absolute Gasteiger partial charge is 0.322 e. The van der Waals surface area contributed by atoms with Crippen LogP contribution >= 0.6 is 0 Å². The van der Waals surface area contributed by atoms with Gasteiger partial charge >= 0.3 is 6.03 Å². The maximum Gasteiger partial charge on any atom is 0.322 e. The Bertz CT molecular complexity index is 1110. The summed E-state index contributed by atoms with van der Waals surface area (Å²) < 4.78 is 16.4. The van der Waals surface area contributed by atoms with Crippen LogP contribution in [0.25, 0.3) is 17.0 Å². The lowest BCUT2D eigenvalue weighted by molar-refractivity contribution is 0.174. The van der Waals surface area contributed by atoms with Crippen molar-refractivity contribution in [2.75, 3.05) is 26.9 Å². The molecule has 1 aliphatic rings. The van der Waals surface area contributed by atoms with Crippen molar-refractivity contribution >= 4 is 11.6 Å². The molecule has 0 saturated heterocycles. The number of hydrogen-bond acceptors (Lipinski definition) is 6. The number of rotatable bonds is 9. The molecule has 0 spiro atoms. The molecule has 0 fully saturated rings. The summed E-state index contributed by atoms with van der Waals surface area (Å²) >= 11 is 0. The lowest BCUT2D eigenvalue weighted by Crippen LogP contribution is -2.46. The molecule has 2 aromatic carbocycles. The van der Waals surface area contributed by atoms with Crippen LogP contribution in [0.1, 0.15) is 37.8 Å². The molecular weight excluding hydrogens is 420 g/mol. The Morgan fingerprint density at radius 2 is 1.88 bits per heavy atom. The summed E-state index contributed by atoms with van der Waals surface area (Å²) in [5, 5.41) is 7.31. The average Bonchev–Trinajstić information content (AvgIpc) is 3.32. The standard InChI is InChI=1S/C25H28N4O4/c1-4-32-20-13-11-19(12-14-20)23-27-24(33-28-23)21-17(2)29(15-8-16-31-3)25(30)26-22(21)18-9-6-5-7-10-18/h5-7,9-14,22H,4,8,15-16H2,1-3H3,(H,26,30). The van der Waals surface area contributed by atoms with E-state index in [0.717, 1.165) is 28.1 Å². The molecule has 0 bridgehead atoms. The maximum absolute atomic E-state index is 12.9. The highest BCUT2D eigenvalue weighted by molar-refractivity contribution is 5.86. The largest absolute Gasteiger partial charge is 0.494 e. The van der Waals surface area contributed by atoms with Gasteiger partial charge < -0.3 is 19.3 Å². The van der Waals surface area contributed by atoms with E-state index in [1.807, 2.05) is 68.4 Å². The van der Waals surface area contributed by atoms with E-state index in [1.165, 1.54) is 0 Å². The van der Waals surface area contributed by atoms with Gasteiger partial charge in [0.1, 0.15) is 5.75 Å². The minimum absolute atomic E-state index is 0.160. The first-order chi connectivity index (χ1) is 16.1. The van der Waals surface area contributed by atoms with E-state index >= 15 is 0 Å². The van der Waals surface area contributed by atoms with Crippen molar-refractivity contribution in [1.82, 2.24) is 20.4 Å². The fourth-order valence-corrected chi connectivity index (χ4v) is 3.91. The number of hydrogen-bond donors (Lipinski definition) is 1. The summed E-state index contributed by atoms with van der Waals surface area (Å²) in [6, 6.07) is 16.8. The monoisotopic (exact) mass is 448 g/mol. The van der Waals surface area contributed by atoms with Gasteiger partial charge in [0.25, 0.3) is 5.89 Å². The molecule has 2 heterocycles. The first kappa shape index (κ1) is 22.5. The summed E-state index contributed by atoms with van der Waals surface area (Å²) in [4.78, 5) is 19.3. The van der Waals surface area contributed by atoms with Gasteiger partial charge in [-0.3, -0.25) is 4.90 Å². The summed E-state index contributed by atoms with van der Waals surface area (Å²) in [6.45, 7) is 5.55. The van der Waals surface area contributed by atoms with E-state index in [9.17, 15) is 4.79 Å². The van der Waals surface area contributed by atoms with E-state index in [4.69, 9.17) is 14.0 Å². The van der Waals surface area contributed by atoms with Crippen molar-refractivity contribution in [3.63, 3.8) is 0 Å². The number of benzene rings is 2. The number of urea groups is 1. The van der Waals surface area contributed by atoms with Crippen LogP contribution in [0.2, 0.25) is 0 Å². The van der Waals surface area contributed by atoms with Crippen molar-refractivity contribution in [3.05, 3.63) is 71.7 Å². The van der Waals surface area contributed by atoms with Crippen molar-refractivity contribution in [3.8, 4) is 17.1 Å². The number of amides is 2. The van der Waals surface area contributed by atoms with E-state index < -0.39 is 6.04 Å². The molecular formula is C25H28N4O4. The zero-order valence-corrected chi connectivity index (χ0v) is 19.1. The molecule has 33 heavy (non-hydrogen) atoms.